The molecule has 0 saturated carbocycles. The number of nitrogens with zero attached hydrogens (tertiary/aromatic N) is 2. The Morgan fingerprint density at radius 3 is 2.64 bits per heavy atom. The maximum Gasteiger partial charge on any atom is 0.254 e. The molecule has 3 aliphatic heterocycles. The Morgan fingerprint density at radius 1 is 1.12 bits per heavy atom. The number of hydrogen-bond acceptors (Lipinski definition) is 4. The Balaban J connectivity index is 1.53. The monoisotopic (exact) mass is 460 g/mol. The van der Waals surface area contributed by atoms with Crippen molar-refractivity contribution in [3.63, 3.8) is 0 Å². The summed E-state index contributed by atoms with van der Waals surface area (Å²) in [5, 5.41) is 7.68. The SMILES string of the molecule is O=C1NCCC[C@@H]1NC(=O)[C@@H]1CN(C(=O)C2CC[NH2+]CC2)CCN1C(=O)c1cccc(F)c1. The van der Waals surface area contributed by atoms with Gasteiger partial charge in [0.15, 0.2) is 0 Å². The van der Waals surface area contributed by atoms with Crippen LogP contribution in [0.4, 0.5) is 4.39 Å². The van der Waals surface area contributed by atoms with Crippen LogP contribution in [0.2, 0.25) is 0 Å². The van der Waals surface area contributed by atoms with Gasteiger partial charge >= 0.3 is 0 Å². The minimum Gasteiger partial charge on any atom is -0.354 e. The van der Waals surface area contributed by atoms with Crippen LogP contribution < -0.4 is 16.0 Å². The van der Waals surface area contributed by atoms with Crippen molar-refractivity contribution in [3.8, 4) is 0 Å². The van der Waals surface area contributed by atoms with E-state index in [2.05, 4.69) is 16.0 Å². The zero-order chi connectivity index (χ0) is 23.4. The molecule has 0 spiro atoms. The van der Waals surface area contributed by atoms with Crippen molar-refractivity contribution in [2.45, 2.75) is 37.8 Å². The first-order valence-corrected chi connectivity index (χ1v) is 11.7. The molecule has 0 bridgehead atoms. The maximum atomic E-state index is 13.7. The van der Waals surface area contributed by atoms with Crippen LogP contribution in [-0.4, -0.2) is 84.8 Å². The lowest BCUT2D eigenvalue weighted by Crippen LogP contribution is -2.86. The fourth-order valence-electron chi connectivity index (χ4n) is 4.85. The van der Waals surface area contributed by atoms with Gasteiger partial charge in [0.05, 0.1) is 19.6 Å². The standard InChI is InChI=1S/C23H30FN5O4/c24-17-4-1-3-16(13-17)23(33)29-12-11-28(22(32)15-6-9-25-10-7-15)14-19(29)21(31)27-18-5-2-8-26-20(18)30/h1,3-4,13,15,18-19,25H,2,5-12,14H2,(H,26,30)(H,27,31)/p+1/t18-,19-/m0/s1. The summed E-state index contributed by atoms with van der Waals surface area (Å²) in [6.07, 6.45) is 2.85. The highest BCUT2D eigenvalue weighted by atomic mass is 19.1. The summed E-state index contributed by atoms with van der Waals surface area (Å²) in [6.45, 7) is 2.90. The van der Waals surface area contributed by atoms with E-state index >= 15 is 0 Å². The summed E-state index contributed by atoms with van der Waals surface area (Å²) in [6, 6.07) is 3.72. The van der Waals surface area contributed by atoms with Crippen LogP contribution >= 0.6 is 0 Å². The van der Waals surface area contributed by atoms with E-state index in [1.54, 1.807) is 4.90 Å². The Morgan fingerprint density at radius 2 is 1.91 bits per heavy atom. The van der Waals surface area contributed by atoms with Gasteiger partial charge in [-0.15, -0.1) is 0 Å². The number of nitrogens with two attached hydrogens (primary N) is 1. The molecule has 1 aromatic rings. The van der Waals surface area contributed by atoms with E-state index < -0.39 is 29.7 Å². The molecule has 0 aliphatic carbocycles. The molecular weight excluding hydrogens is 429 g/mol. The van der Waals surface area contributed by atoms with Gasteiger partial charge in [-0.3, -0.25) is 19.2 Å². The lowest BCUT2D eigenvalue weighted by molar-refractivity contribution is -0.664. The second-order valence-electron chi connectivity index (χ2n) is 8.94. The van der Waals surface area contributed by atoms with Crippen LogP contribution in [0.25, 0.3) is 0 Å². The summed E-state index contributed by atoms with van der Waals surface area (Å²) >= 11 is 0. The molecule has 4 amide bonds. The van der Waals surface area contributed by atoms with E-state index in [0.29, 0.717) is 19.5 Å². The molecule has 3 heterocycles. The normalized spacial score (nSPS) is 24.2. The summed E-state index contributed by atoms with van der Waals surface area (Å²) in [5.41, 5.74) is 0.144. The van der Waals surface area contributed by atoms with Gasteiger partial charge in [-0.25, -0.2) is 4.39 Å². The minimum atomic E-state index is -0.955. The van der Waals surface area contributed by atoms with Gasteiger partial charge in [0.1, 0.15) is 17.9 Å². The third-order valence-corrected chi connectivity index (χ3v) is 6.72. The van der Waals surface area contributed by atoms with Crippen molar-refractivity contribution in [1.29, 1.82) is 0 Å². The average Bonchev–Trinajstić information content (AvgIpc) is 2.84. The van der Waals surface area contributed by atoms with E-state index in [9.17, 15) is 23.6 Å². The molecule has 0 radical (unpaired) electrons. The molecule has 4 rings (SSSR count). The summed E-state index contributed by atoms with van der Waals surface area (Å²) in [5.74, 6) is -1.80. The molecular formula is C23H31FN5O4+. The number of amides is 4. The molecule has 33 heavy (non-hydrogen) atoms. The minimum absolute atomic E-state index is 0.00849. The third kappa shape index (κ3) is 5.32. The summed E-state index contributed by atoms with van der Waals surface area (Å²) < 4.78 is 13.7. The van der Waals surface area contributed by atoms with Crippen molar-refractivity contribution >= 4 is 23.6 Å². The number of rotatable bonds is 4. The molecule has 10 heteroatoms. The van der Waals surface area contributed by atoms with Gasteiger partial charge in [0.2, 0.25) is 17.7 Å². The lowest BCUT2D eigenvalue weighted by atomic mass is 9.95. The number of piperidine rings is 2. The quantitative estimate of drug-likeness (QED) is 0.526. The van der Waals surface area contributed by atoms with Crippen molar-refractivity contribution < 1.29 is 28.9 Å². The topological polar surface area (TPSA) is 115 Å². The fourth-order valence-corrected chi connectivity index (χ4v) is 4.85. The number of quaternary nitrogens is 1. The number of halogens is 1. The number of carbonyl (C=O) groups is 4. The fraction of sp³-hybridized carbons (Fsp3) is 0.565. The van der Waals surface area contributed by atoms with Crippen LogP contribution in [0, 0.1) is 11.7 Å². The molecule has 4 N–H and O–H groups in total. The van der Waals surface area contributed by atoms with Gasteiger partial charge in [0, 0.05) is 44.0 Å². The molecule has 3 saturated heterocycles. The first kappa shape index (κ1) is 23.2. The summed E-state index contributed by atoms with van der Waals surface area (Å²) in [7, 11) is 0. The number of carbonyl (C=O) groups excluding carboxylic acids is 4. The molecule has 9 nitrogen and oxygen atoms in total. The second-order valence-corrected chi connectivity index (χ2v) is 8.94. The van der Waals surface area contributed by atoms with Gasteiger partial charge in [-0.1, -0.05) is 6.07 Å². The van der Waals surface area contributed by atoms with Gasteiger partial charge in [-0.05, 0) is 31.0 Å². The average molecular weight is 461 g/mol. The molecule has 2 atom stereocenters. The molecule has 3 fully saturated rings. The maximum absolute atomic E-state index is 13.7. The van der Waals surface area contributed by atoms with Crippen LogP contribution in [-0.2, 0) is 14.4 Å². The van der Waals surface area contributed by atoms with Crippen molar-refractivity contribution in [3.05, 3.63) is 35.6 Å². The second kappa shape index (κ2) is 10.3. The zero-order valence-corrected chi connectivity index (χ0v) is 18.6. The van der Waals surface area contributed by atoms with E-state index in [4.69, 9.17) is 0 Å². The first-order valence-electron chi connectivity index (χ1n) is 11.7. The van der Waals surface area contributed by atoms with E-state index in [1.807, 2.05) is 0 Å². The number of nitrogens with one attached hydrogen (secondary N) is 2. The molecule has 0 unspecified atom stereocenters. The van der Waals surface area contributed by atoms with Crippen molar-refractivity contribution in [2.24, 2.45) is 5.92 Å². The lowest BCUT2D eigenvalue weighted by Gasteiger charge is -2.42. The Labute approximate surface area is 192 Å². The van der Waals surface area contributed by atoms with Crippen molar-refractivity contribution in [2.75, 3.05) is 39.3 Å². The highest BCUT2D eigenvalue weighted by molar-refractivity contribution is 5.99. The molecule has 1 aromatic carbocycles. The van der Waals surface area contributed by atoms with Crippen LogP contribution in [0.1, 0.15) is 36.0 Å². The van der Waals surface area contributed by atoms with E-state index in [1.165, 1.54) is 23.1 Å². The first-order chi connectivity index (χ1) is 15.9. The highest BCUT2D eigenvalue weighted by Crippen LogP contribution is 2.20. The largest absolute Gasteiger partial charge is 0.354 e. The predicted octanol–water partition coefficient (Wildman–Crippen LogP) is -1.15. The summed E-state index contributed by atoms with van der Waals surface area (Å²) in [4.78, 5) is 54.8. The van der Waals surface area contributed by atoms with Crippen LogP contribution in [0.15, 0.2) is 24.3 Å². The number of hydrogen-bond donors (Lipinski definition) is 3. The van der Waals surface area contributed by atoms with Crippen LogP contribution in [0.3, 0.4) is 0 Å². The third-order valence-electron chi connectivity index (χ3n) is 6.72. The Kier molecular flexibility index (Phi) is 7.22. The molecule has 178 valence electrons. The number of benzene rings is 1. The highest BCUT2D eigenvalue weighted by Gasteiger charge is 2.40. The molecule has 0 aromatic heterocycles. The smallest absolute Gasteiger partial charge is 0.254 e. The number of piperazine rings is 1. The van der Waals surface area contributed by atoms with Gasteiger partial charge in [-0.2, -0.15) is 0 Å². The predicted molar refractivity (Wildman–Crippen MR) is 116 cm³/mol. The Bertz CT molecular complexity index is 920. The van der Waals surface area contributed by atoms with E-state index in [0.717, 1.165) is 38.4 Å². The zero-order valence-electron chi connectivity index (χ0n) is 18.6. The Hall–Kier alpha value is -3.01. The van der Waals surface area contributed by atoms with Crippen LogP contribution in [0.5, 0.6) is 0 Å². The molecule has 3 aliphatic rings. The van der Waals surface area contributed by atoms with Gasteiger partial charge in [0.25, 0.3) is 5.91 Å². The van der Waals surface area contributed by atoms with Crippen molar-refractivity contribution in [1.82, 2.24) is 20.4 Å². The van der Waals surface area contributed by atoms with E-state index in [-0.39, 0.29) is 36.4 Å². The van der Waals surface area contributed by atoms with Gasteiger partial charge < -0.3 is 25.8 Å².